The van der Waals surface area contributed by atoms with Gasteiger partial charge in [-0.15, -0.1) is 0 Å². The molecule has 0 atom stereocenters. The molecule has 0 fully saturated rings. The van der Waals surface area contributed by atoms with E-state index >= 15 is 0 Å². The molecule has 0 saturated carbocycles. The van der Waals surface area contributed by atoms with Crippen LogP contribution in [0.4, 0.5) is 4.39 Å². The largest absolute Gasteiger partial charge is 0.465 e. The number of rotatable bonds is 6. The van der Waals surface area contributed by atoms with Crippen molar-refractivity contribution in [2.45, 2.75) is 33.4 Å². The number of esters is 1. The van der Waals surface area contributed by atoms with Crippen molar-refractivity contribution in [3.8, 4) is 0 Å². The minimum atomic E-state index is -0.432. The van der Waals surface area contributed by atoms with Crippen LogP contribution in [-0.2, 0) is 16.1 Å². The summed E-state index contributed by atoms with van der Waals surface area (Å²) < 4.78 is 18.7. The predicted octanol–water partition coefficient (Wildman–Crippen LogP) is 3.25. The molecule has 0 aromatic heterocycles. The van der Waals surface area contributed by atoms with Crippen molar-refractivity contribution in [2.75, 3.05) is 13.2 Å². The monoisotopic (exact) mass is 287 g/mol. The number of ether oxygens (including phenoxy) is 1. The maximum atomic E-state index is 13.8. The van der Waals surface area contributed by atoms with Gasteiger partial charge in [-0.1, -0.05) is 23.7 Å². The zero-order valence-corrected chi connectivity index (χ0v) is 12.2. The fraction of sp³-hybridized carbons (Fsp3) is 0.500. The van der Waals surface area contributed by atoms with Gasteiger partial charge in [0.25, 0.3) is 0 Å². The van der Waals surface area contributed by atoms with Crippen LogP contribution < -0.4 is 0 Å². The van der Waals surface area contributed by atoms with Gasteiger partial charge in [0.1, 0.15) is 5.82 Å². The summed E-state index contributed by atoms with van der Waals surface area (Å²) in [5.41, 5.74) is 0.477. The number of hydrogen-bond donors (Lipinski definition) is 0. The zero-order chi connectivity index (χ0) is 14.4. The summed E-state index contributed by atoms with van der Waals surface area (Å²) in [5, 5.41) is 0.0948. The Balaban J connectivity index is 2.78. The van der Waals surface area contributed by atoms with Gasteiger partial charge in [-0.2, -0.15) is 0 Å². The first-order valence-corrected chi connectivity index (χ1v) is 6.66. The van der Waals surface area contributed by atoms with E-state index in [1.807, 2.05) is 18.7 Å². The fourth-order valence-corrected chi connectivity index (χ4v) is 1.88. The van der Waals surface area contributed by atoms with Crippen molar-refractivity contribution in [1.82, 2.24) is 4.90 Å². The molecule has 19 heavy (non-hydrogen) atoms. The average molecular weight is 288 g/mol. The van der Waals surface area contributed by atoms with Crippen LogP contribution in [-0.4, -0.2) is 30.1 Å². The van der Waals surface area contributed by atoms with E-state index in [9.17, 15) is 9.18 Å². The molecule has 0 bridgehead atoms. The van der Waals surface area contributed by atoms with E-state index in [0.29, 0.717) is 18.7 Å². The van der Waals surface area contributed by atoms with Crippen LogP contribution in [0.15, 0.2) is 18.2 Å². The van der Waals surface area contributed by atoms with Crippen molar-refractivity contribution in [3.05, 3.63) is 34.6 Å². The Bertz CT molecular complexity index is 437. The topological polar surface area (TPSA) is 29.5 Å². The molecule has 1 rings (SSSR count). The van der Waals surface area contributed by atoms with Gasteiger partial charge in [-0.25, -0.2) is 4.39 Å². The van der Waals surface area contributed by atoms with E-state index in [4.69, 9.17) is 16.3 Å². The van der Waals surface area contributed by atoms with E-state index < -0.39 is 5.82 Å². The van der Waals surface area contributed by atoms with Crippen molar-refractivity contribution < 1.29 is 13.9 Å². The van der Waals surface area contributed by atoms with Crippen LogP contribution in [0.5, 0.6) is 0 Å². The number of benzene rings is 1. The number of carbonyl (C=O) groups excluding carboxylic acids is 1. The quantitative estimate of drug-likeness (QED) is 0.752. The van der Waals surface area contributed by atoms with Gasteiger partial charge in [-0.05, 0) is 26.8 Å². The van der Waals surface area contributed by atoms with Crippen LogP contribution in [0.2, 0.25) is 5.02 Å². The van der Waals surface area contributed by atoms with Crippen LogP contribution in [0.3, 0.4) is 0 Å². The Morgan fingerprint density at radius 2 is 2.16 bits per heavy atom. The molecule has 5 heteroatoms. The molecular weight excluding hydrogens is 269 g/mol. The third kappa shape index (κ3) is 4.80. The summed E-state index contributed by atoms with van der Waals surface area (Å²) in [4.78, 5) is 13.4. The van der Waals surface area contributed by atoms with E-state index in [-0.39, 0.29) is 23.6 Å². The van der Waals surface area contributed by atoms with Gasteiger partial charge >= 0.3 is 5.97 Å². The summed E-state index contributed by atoms with van der Waals surface area (Å²) in [7, 11) is 0. The first-order chi connectivity index (χ1) is 8.95. The average Bonchev–Trinajstić information content (AvgIpc) is 2.34. The molecule has 0 radical (unpaired) electrons. The van der Waals surface area contributed by atoms with Crippen LogP contribution in [0.1, 0.15) is 26.3 Å². The Morgan fingerprint density at radius 3 is 2.74 bits per heavy atom. The third-order valence-corrected chi connectivity index (χ3v) is 3.06. The lowest BCUT2D eigenvalue weighted by atomic mass is 10.1. The lowest BCUT2D eigenvalue weighted by Crippen LogP contribution is -2.36. The number of hydrogen-bond acceptors (Lipinski definition) is 3. The Hall–Kier alpha value is -1.13. The molecule has 0 unspecified atom stereocenters. The van der Waals surface area contributed by atoms with Gasteiger partial charge in [0, 0.05) is 18.2 Å². The Labute approximate surface area is 118 Å². The smallest absolute Gasteiger partial charge is 0.320 e. The molecule has 0 saturated heterocycles. The Kier molecular flexibility index (Phi) is 6.25. The normalized spacial score (nSPS) is 11.1. The molecule has 0 aliphatic heterocycles. The van der Waals surface area contributed by atoms with Crippen molar-refractivity contribution in [1.29, 1.82) is 0 Å². The molecule has 0 N–H and O–H groups in total. The van der Waals surface area contributed by atoms with E-state index in [1.165, 1.54) is 6.07 Å². The second-order valence-corrected chi connectivity index (χ2v) is 4.92. The van der Waals surface area contributed by atoms with Gasteiger partial charge in [-0.3, -0.25) is 9.69 Å². The summed E-state index contributed by atoms with van der Waals surface area (Å²) in [5.74, 6) is -0.739. The highest BCUT2D eigenvalue weighted by Crippen LogP contribution is 2.20. The highest BCUT2D eigenvalue weighted by Gasteiger charge is 2.17. The van der Waals surface area contributed by atoms with E-state index in [2.05, 4.69) is 0 Å². The molecular formula is C14H19ClFNO2. The SMILES string of the molecule is CCOC(=O)CN(Cc1cccc(Cl)c1F)C(C)C. The molecule has 0 spiro atoms. The lowest BCUT2D eigenvalue weighted by molar-refractivity contribution is -0.145. The minimum absolute atomic E-state index is 0.0948. The molecule has 1 aromatic rings. The van der Waals surface area contributed by atoms with Gasteiger partial charge < -0.3 is 4.74 Å². The second-order valence-electron chi connectivity index (χ2n) is 4.52. The Morgan fingerprint density at radius 1 is 1.47 bits per heavy atom. The highest BCUT2D eigenvalue weighted by atomic mass is 35.5. The first kappa shape index (κ1) is 15.9. The van der Waals surface area contributed by atoms with Gasteiger partial charge in [0.2, 0.25) is 0 Å². The summed E-state index contributed by atoms with van der Waals surface area (Å²) in [6, 6.07) is 4.97. The van der Waals surface area contributed by atoms with Gasteiger partial charge in [0.15, 0.2) is 0 Å². The van der Waals surface area contributed by atoms with Crippen molar-refractivity contribution >= 4 is 17.6 Å². The van der Waals surface area contributed by atoms with Gasteiger partial charge in [0.05, 0.1) is 18.2 Å². The summed E-state index contributed by atoms with van der Waals surface area (Å²) in [6.07, 6.45) is 0. The maximum Gasteiger partial charge on any atom is 0.320 e. The zero-order valence-electron chi connectivity index (χ0n) is 11.5. The number of carbonyl (C=O) groups is 1. The van der Waals surface area contributed by atoms with Crippen LogP contribution in [0, 0.1) is 5.82 Å². The van der Waals surface area contributed by atoms with Crippen molar-refractivity contribution in [3.63, 3.8) is 0 Å². The molecule has 0 amide bonds. The fourth-order valence-electron chi connectivity index (χ4n) is 1.68. The standard InChI is InChI=1S/C14H19ClFNO2/c1-4-19-13(18)9-17(10(2)3)8-11-6-5-7-12(15)14(11)16/h5-7,10H,4,8-9H2,1-3H3. The maximum absolute atomic E-state index is 13.8. The molecule has 106 valence electrons. The summed E-state index contributed by atoms with van der Waals surface area (Å²) >= 11 is 5.75. The first-order valence-electron chi connectivity index (χ1n) is 6.28. The molecule has 1 aromatic carbocycles. The van der Waals surface area contributed by atoms with E-state index in [0.717, 1.165) is 0 Å². The molecule has 0 aliphatic rings. The van der Waals surface area contributed by atoms with Crippen molar-refractivity contribution in [2.24, 2.45) is 0 Å². The second kappa shape index (κ2) is 7.46. The van der Waals surface area contributed by atoms with Crippen LogP contribution in [0.25, 0.3) is 0 Å². The number of nitrogens with zero attached hydrogens (tertiary/aromatic N) is 1. The number of halogens is 2. The molecule has 0 heterocycles. The lowest BCUT2D eigenvalue weighted by Gasteiger charge is -2.25. The minimum Gasteiger partial charge on any atom is -0.465 e. The third-order valence-electron chi connectivity index (χ3n) is 2.77. The predicted molar refractivity (Wildman–Crippen MR) is 73.6 cm³/mol. The molecule has 0 aliphatic carbocycles. The summed E-state index contributed by atoms with van der Waals surface area (Å²) in [6.45, 7) is 6.45. The molecule has 3 nitrogen and oxygen atoms in total. The highest BCUT2D eigenvalue weighted by molar-refractivity contribution is 6.30. The van der Waals surface area contributed by atoms with E-state index in [1.54, 1.807) is 19.1 Å². The van der Waals surface area contributed by atoms with Crippen LogP contribution >= 0.6 is 11.6 Å².